The number of nitrogens with zero attached hydrogens (tertiary/aromatic N) is 3. The molecule has 2 amide bonds. The lowest BCUT2D eigenvalue weighted by molar-refractivity contribution is -0.113. The fraction of sp³-hybridized carbons (Fsp3) is 0.200. The average molecular weight is 590 g/mol. The summed E-state index contributed by atoms with van der Waals surface area (Å²) < 4.78 is 2.85. The van der Waals surface area contributed by atoms with Gasteiger partial charge in [-0.15, -0.1) is 10.2 Å². The molecule has 11 heteroatoms. The van der Waals surface area contributed by atoms with Gasteiger partial charge < -0.3 is 15.2 Å². The van der Waals surface area contributed by atoms with Gasteiger partial charge in [-0.3, -0.25) is 9.59 Å². The lowest BCUT2D eigenvalue weighted by Gasteiger charge is -2.14. The Hall–Kier alpha value is -1.82. The molecule has 0 saturated carbocycles. The van der Waals surface area contributed by atoms with Crippen LogP contribution in [0.1, 0.15) is 29.1 Å². The summed E-state index contributed by atoms with van der Waals surface area (Å²) in [5, 5.41) is 15.3. The van der Waals surface area contributed by atoms with E-state index in [2.05, 4.69) is 43.4 Å². The van der Waals surface area contributed by atoms with Crippen molar-refractivity contribution in [3.8, 4) is 0 Å². The Bertz CT molecular complexity index is 1110. The highest BCUT2D eigenvalue weighted by atomic mass is 127. The molecular weight excluding hydrogens is 572 g/mol. The van der Waals surface area contributed by atoms with E-state index < -0.39 is 6.04 Å². The van der Waals surface area contributed by atoms with Gasteiger partial charge >= 0.3 is 0 Å². The first-order chi connectivity index (χ1) is 14.7. The van der Waals surface area contributed by atoms with E-state index in [1.54, 1.807) is 30.7 Å². The zero-order valence-electron chi connectivity index (χ0n) is 16.5. The third-order valence-electron chi connectivity index (χ3n) is 4.25. The summed E-state index contributed by atoms with van der Waals surface area (Å²) >= 11 is 15.4. The summed E-state index contributed by atoms with van der Waals surface area (Å²) in [4.78, 5) is 24.7. The van der Waals surface area contributed by atoms with Gasteiger partial charge in [0.15, 0.2) is 11.0 Å². The van der Waals surface area contributed by atoms with Crippen LogP contribution in [0.15, 0.2) is 47.6 Å². The summed E-state index contributed by atoms with van der Waals surface area (Å²) in [6.07, 6.45) is 0. The number of thioether (sulfide) groups is 1. The maximum absolute atomic E-state index is 12.5. The number of nitrogens with one attached hydrogen (secondary N) is 2. The van der Waals surface area contributed by atoms with Crippen molar-refractivity contribution in [1.29, 1.82) is 0 Å². The predicted octanol–water partition coefficient (Wildman–Crippen LogP) is 4.95. The van der Waals surface area contributed by atoms with Crippen molar-refractivity contribution >= 4 is 75.1 Å². The van der Waals surface area contributed by atoms with E-state index in [4.69, 9.17) is 23.2 Å². The molecular formula is C20H18Cl2IN5O2S. The summed E-state index contributed by atoms with van der Waals surface area (Å²) in [5.41, 5.74) is 1.13. The van der Waals surface area contributed by atoms with Crippen LogP contribution in [0.25, 0.3) is 0 Å². The molecule has 0 saturated heterocycles. The Morgan fingerprint density at radius 2 is 1.84 bits per heavy atom. The maximum atomic E-state index is 12.5. The molecule has 0 bridgehead atoms. The van der Waals surface area contributed by atoms with Gasteiger partial charge in [0.1, 0.15) is 0 Å². The molecule has 1 atom stereocenters. The fourth-order valence-corrected chi connectivity index (χ4v) is 4.05. The highest BCUT2D eigenvalue weighted by Gasteiger charge is 2.19. The molecule has 2 aromatic carbocycles. The van der Waals surface area contributed by atoms with Crippen molar-refractivity contribution in [3.05, 3.63) is 67.5 Å². The number of rotatable bonds is 7. The molecule has 0 aliphatic rings. The highest BCUT2D eigenvalue weighted by molar-refractivity contribution is 14.1. The van der Waals surface area contributed by atoms with Gasteiger partial charge in [-0.25, -0.2) is 0 Å². The van der Waals surface area contributed by atoms with Crippen LogP contribution >= 0.6 is 57.6 Å². The van der Waals surface area contributed by atoms with E-state index in [0.29, 0.717) is 26.6 Å². The summed E-state index contributed by atoms with van der Waals surface area (Å²) in [7, 11) is 1.79. The molecule has 0 fully saturated rings. The topological polar surface area (TPSA) is 88.9 Å². The molecule has 3 rings (SSSR count). The van der Waals surface area contributed by atoms with Gasteiger partial charge in [0.25, 0.3) is 5.91 Å². The number of hydrogen-bond acceptors (Lipinski definition) is 5. The number of anilines is 1. The van der Waals surface area contributed by atoms with Gasteiger partial charge in [-0.1, -0.05) is 35.0 Å². The number of benzene rings is 2. The molecule has 162 valence electrons. The smallest absolute Gasteiger partial charge is 0.251 e. The number of aromatic nitrogens is 3. The quantitative estimate of drug-likeness (QED) is 0.301. The SMILES string of the molecule is C[C@@H](NC(=O)c1ccc(Cl)c(Cl)c1)c1nnc(SCC(=O)Nc2ccc(I)cc2)n1C. The second-order valence-corrected chi connectivity index (χ2v) is 9.57. The summed E-state index contributed by atoms with van der Waals surface area (Å²) in [6, 6.07) is 11.8. The largest absolute Gasteiger partial charge is 0.342 e. The van der Waals surface area contributed by atoms with E-state index in [1.165, 1.54) is 17.8 Å². The Kier molecular flexibility index (Phi) is 8.20. The molecule has 0 spiro atoms. The van der Waals surface area contributed by atoms with Gasteiger partial charge in [0.05, 0.1) is 21.8 Å². The average Bonchev–Trinajstić information content (AvgIpc) is 3.10. The first kappa shape index (κ1) is 23.8. The first-order valence-corrected chi connectivity index (χ1v) is 11.9. The van der Waals surface area contributed by atoms with Crippen LogP contribution < -0.4 is 10.6 Å². The van der Waals surface area contributed by atoms with Crippen LogP contribution in [0, 0.1) is 3.57 Å². The van der Waals surface area contributed by atoms with Crippen LogP contribution in [0.4, 0.5) is 5.69 Å². The predicted molar refractivity (Wildman–Crippen MR) is 132 cm³/mol. The zero-order valence-corrected chi connectivity index (χ0v) is 21.0. The van der Waals surface area contributed by atoms with E-state index in [0.717, 1.165) is 9.26 Å². The molecule has 1 aromatic heterocycles. The third kappa shape index (κ3) is 6.34. The summed E-state index contributed by atoms with van der Waals surface area (Å²) in [6.45, 7) is 1.80. The Morgan fingerprint density at radius 3 is 2.52 bits per heavy atom. The van der Waals surface area contributed by atoms with Crippen molar-refractivity contribution in [2.75, 3.05) is 11.1 Å². The van der Waals surface area contributed by atoms with Gasteiger partial charge in [-0.05, 0) is 72.0 Å². The number of carbonyl (C=O) groups is 2. The van der Waals surface area contributed by atoms with Crippen molar-refractivity contribution < 1.29 is 9.59 Å². The van der Waals surface area contributed by atoms with Gasteiger partial charge in [-0.2, -0.15) is 0 Å². The Balaban J connectivity index is 1.58. The van der Waals surface area contributed by atoms with Crippen LogP contribution in [0.3, 0.4) is 0 Å². The number of amides is 2. The molecule has 2 N–H and O–H groups in total. The molecule has 7 nitrogen and oxygen atoms in total. The number of carbonyl (C=O) groups excluding carboxylic acids is 2. The van der Waals surface area contributed by atoms with Gasteiger partial charge in [0.2, 0.25) is 5.91 Å². The Morgan fingerprint density at radius 1 is 1.13 bits per heavy atom. The second kappa shape index (κ2) is 10.7. The molecule has 0 aliphatic heterocycles. The van der Waals surface area contributed by atoms with Crippen LogP contribution in [-0.4, -0.2) is 32.3 Å². The zero-order chi connectivity index (χ0) is 22.5. The van der Waals surface area contributed by atoms with Crippen molar-refractivity contribution in [3.63, 3.8) is 0 Å². The van der Waals surface area contributed by atoms with E-state index in [1.807, 2.05) is 24.3 Å². The molecule has 0 radical (unpaired) electrons. The van der Waals surface area contributed by atoms with Crippen molar-refractivity contribution in [1.82, 2.24) is 20.1 Å². The first-order valence-electron chi connectivity index (χ1n) is 9.08. The fourth-order valence-electron chi connectivity index (χ4n) is 2.67. The van der Waals surface area contributed by atoms with Crippen molar-refractivity contribution in [2.24, 2.45) is 7.05 Å². The standard InChI is InChI=1S/C20H18Cl2IN5O2S/c1-11(24-19(30)12-3-8-15(21)16(22)9-12)18-26-27-20(28(18)2)31-10-17(29)25-14-6-4-13(23)5-7-14/h3-9,11H,10H2,1-2H3,(H,24,30)(H,25,29)/t11-/m1/s1. The highest BCUT2D eigenvalue weighted by Crippen LogP contribution is 2.24. The lowest BCUT2D eigenvalue weighted by Crippen LogP contribution is -2.28. The van der Waals surface area contributed by atoms with Crippen LogP contribution in [0.2, 0.25) is 10.0 Å². The van der Waals surface area contributed by atoms with Crippen LogP contribution in [0.5, 0.6) is 0 Å². The molecule has 0 unspecified atom stereocenters. The van der Waals surface area contributed by atoms with Crippen LogP contribution in [-0.2, 0) is 11.8 Å². The monoisotopic (exact) mass is 589 g/mol. The van der Waals surface area contributed by atoms with E-state index in [-0.39, 0.29) is 17.6 Å². The van der Waals surface area contributed by atoms with Gasteiger partial charge in [0, 0.05) is 21.9 Å². The lowest BCUT2D eigenvalue weighted by atomic mass is 10.2. The maximum Gasteiger partial charge on any atom is 0.251 e. The Labute approximate surface area is 207 Å². The molecule has 1 heterocycles. The number of hydrogen-bond donors (Lipinski definition) is 2. The normalized spacial score (nSPS) is 11.8. The van der Waals surface area contributed by atoms with Crippen molar-refractivity contribution in [2.45, 2.75) is 18.1 Å². The number of halogens is 3. The summed E-state index contributed by atoms with van der Waals surface area (Å²) in [5.74, 6) is 0.299. The molecule has 0 aliphatic carbocycles. The van der Waals surface area contributed by atoms with E-state index in [9.17, 15) is 9.59 Å². The molecule has 3 aromatic rings. The van der Waals surface area contributed by atoms with E-state index >= 15 is 0 Å². The minimum absolute atomic E-state index is 0.142. The second-order valence-electron chi connectivity index (χ2n) is 6.57. The third-order valence-corrected chi connectivity index (χ3v) is 6.72. The minimum Gasteiger partial charge on any atom is -0.342 e. The molecule has 31 heavy (non-hydrogen) atoms. The minimum atomic E-state index is -0.408.